The maximum absolute atomic E-state index is 12.6. The maximum Gasteiger partial charge on any atom is 0.236 e. The normalized spacial score (nSPS) is 9.94. The van der Waals surface area contributed by atoms with Crippen molar-refractivity contribution >= 4 is 5.91 Å². The summed E-state index contributed by atoms with van der Waals surface area (Å²) in [5, 5.41) is 0. The molecule has 0 bridgehead atoms. The van der Waals surface area contributed by atoms with Crippen LogP contribution in [0.3, 0.4) is 0 Å². The zero-order valence-electron chi connectivity index (χ0n) is 9.15. The van der Waals surface area contributed by atoms with Gasteiger partial charge in [-0.3, -0.25) is 4.79 Å². The molecular weight excluding hydrogens is 211 g/mol. The zero-order chi connectivity index (χ0) is 12.0. The molecule has 0 aliphatic carbocycles. The van der Waals surface area contributed by atoms with Crippen LogP contribution in [0.4, 0.5) is 4.39 Å². The van der Waals surface area contributed by atoms with Crippen molar-refractivity contribution in [2.75, 3.05) is 26.7 Å². The Labute approximate surface area is 93.8 Å². The molecular formula is C11H15FN2O2. The molecule has 1 amide bonds. The third-order valence-corrected chi connectivity index (χ3v) is 2.11. The average molecular weight is 226 g/mol. The molecule has 0 atom stereocenters. The number of hydrogen-bond donors (Lipinski definition) is 1. The summed E-state index contributed by atoms with van der Waals surface area (Å²) in [6, 6.07) is 5.73. The predicted octanol–water partition coefficient (Wildman–Crippen LogP) is 0.622. The number of carbonyl (C=O) groups is 1. The molecule has 88 valence electrons. The molecule has 0 aliphatic heterocycles. The van der Waals surface area contributed by atoms with Gasteiger partial charge in [0.05, 0.1) is 13.1 Å². The van der Waals surface area contributed by atoms with E-state index in [9.17, 15) is 9.18 Å². The molecule has 1 aromatic carbocycles. The first kappa shape index (κ1) is 12.4. The van der Waals surface area contributed by atoms with E-state index in [0.29, 0.717) is 18.9 Å². The minimum atomic E-state index is -0.303. The highest BCUT2D eigenvalue weighted by Crippen LogP contribution is 2.10. The maximum atomic E-state index is 12.6. The van der Waals surface area contributed by atoms with Gasteiger partial charge in [0, 0.05) is 7.05 Å². The number of hydrogen-bond acceptors (Lipinski definition) is 3. The van der Waals surface area contributed by atoms with Crippen molar-refractivity contribution in [1.29, 1.82) is 0 Å². The Morgan fingerprint density at radius 1 is 1.44 bits per heavy atom. The number of amides is 1. The molecule has 0 heterocycles. The van der Waals surface area contributed by atoms with Crippen molar-refractivity contribution in [2.45, 2.75) is 0 Å². The van der Waals surface area contributed by atoms with Gasteiger partial charge in [0.1, 0.15) is 18.2 Å². The van der Waals surface area contributed by atoms with Crippen molar-refractivity contribution in [3.63, 3.8) is 0 Å². The topological polar surface area (TPSA) is 55.6 Å². The second kappa shape index (κ2) is 6.07. The molecule has 0 aliphatic rings. The SMILES string of the molecule is CN(CCOc1ccc(F)cc1)C(=O)CN. The van der Waals surface area contributed by atoms with E-state index in [1.807, 2.05) is 0 Å². The van der Waals surface area contributed by atoms with Crippen LogP contribution in [0, 0.1) is 5.82 Å². The number of ether oxygens (including phenoxy) is 1. The van der Waals surface area contributed by atoms with Crippen molar-refractivity contribution < 1.29 is 13.9 Å². The van der Waals surface area contributed by atoms with Crippen LogP contribution in [0.15, 0.2) is 24.3 Å². The van der Waals surface area contributed by atoms with Gasteiger partial charge in [0.25, 0.3) is 0 Å². The molecule has 1 aromatic rings. The Morgan fingerprint density at radius 3 is 2.62 bits per heavy atom. The first-order valence-electron chi connectivity index (χ1n) is 4.96. The van der Waals surface area contributed by atoms with E-state index in [4.69, 9.17) is 10.5 Å². The van der Waals surface area contributed by atoms with E-state index < -0.39 is 0 Å². The Morgan fingerprint density at radius 2 is 2.06 bits per heavy atom. The minimum Gasteiger partial charge on any atom is -0.492 e. The monoisotopic (exact) mass is 226 g/mol. The summed E-state index contributed by atoms with van der Waals surface area (Å²) in [6.45, 7) is 0.800. The van der Waals surface area contributed by atoms with Gasteiger partial charge in [0.15, 0.2) is 0 Å². The quantitative estimate of drug-likeness (QED) is 0.800. The fourth-order valence-corrected chi connectivity index (χ4v) is 1.11. The van der Waals surface area contributed by atoms with Crippen molar-refractivity contribution in [3.05, 3.63) is 30.1 Å². The van der Waals surface area contributed by atoms with Crippen LogP contribution in [-0.2, 0) is 4.79 Å². The highest BCUT2D eigenvalue weighted by molar-refractivity contribution is 5.77. The first-order chi connectivity index (χ1) is 7.63. The van der Waals surface area contributed by atoms with Crippen LogP contribution in [0.2, 0.25) is 0 Å². The lowest BCUT2D eigenvalue weighted by Gasteiger charge is -2.16. The lowest BCUT2D eigenvalue weighted by Crippen LogP contribution is -2.35. The van der Waals surface area contributed by atoms with Gasteiger partial charge in [-0.2, -0.15) is 0 Å². The molecule has 0 saturated carbocycles. The van der Waals surface area contributed by atoms with Crippen LogP contribution in [0.5, 0.6) is 5.75 Å². The first-order valence-corrected chi connectivity index (χ1v) is 4.96. The van der Waals surface area contributed by atoms with Gasteiger partial charge in [-0.25, -0.2) is 4.39 Å². The van der Waals surface area contributed by atoms with E-state index in [-0.39, 0.29) is 18.3 Å². The summed E-state index contributed by atoms with van der Waals surface area (Å²) in [4.78, 5) is 12.6. The molecule has 4 nitrogen and oxygen atoms in total. The number of nitrogens with two attached hydrogens (primary N) is 1. The number of benzene rings is 1. The van der Waals surface area contributed by atoms with E-state index in [2.05, 4.69) is 0 Å². The third kappa shape index (κ3) is 3.86. The second-order valence-corrected chi connectivity index (χ2v) is 3.32. The lowest BCUT2D eigenvalue weighted by atomic mass is 10.3. The molecule has 2 N–H and O–H groups in total. The van der Waals surface area contributed by atoms with E-state index in [1.54, 1.807) is 19.2 Å². The van der Waals surface area contributed by atoms with Crippen LogP contribution >= 0.6 is 0 Å². The predicted molar refractivity (Wildman–Crippen MR) is 58.6 cm³/mol. The van der Waals surface area contributed by atoms with Gasteiger partial charge >= 0.3 is 0 Å². The standard InChI is InChI=1S/C11H15FN2O2/c1-14(11(15)8-13)6-7-16-10-4-2-9(12)3-5-10/h2-5H,6-8,13H2,1H3. The number of carbonyl (C=O) groups excluding carboxylic acids is 1. The Bertz CT molecular complexity index is 340. The number of nitrogens with zero attached hydrogens (tertiary/aromatic N) is 1. The second-order valence-electron chi connectivity index (χ2n) is 3.32. The highest BCUT2D eigenvalue weighted by atomic mass is 19.1. The Kier molecular flexibility index (Phi) is 4.72. The molecule has 0 spiro atoms. The van der Waals surface area contributed by atoms with Crippen LogP contribution < -0.4 is 10.5 Å². The van der Waals surface area contributed by atoms with Gasteiger partial charge in [0.2, 0.25) is 5.91 Å². The summed E-state index contributed by atoms with van der Waals surface area (Å²) in [5.41, 5.74) is 5.20. The fraction of sp³-hybridized carbons (Fsp3) is 0.364. The third-order valence-electron chi connectivity index (χ3n) is 2.11. The largest absolute Gasteiger partial charge is 0.492 e. The molecule has 0 aromatic heterocycles. The molecule has 0 fully saturated rings. The molecule has 0 unspecified atom stereocenters. The summed E-state index contributed by atoms with van der Waals surface area (Å²) >= 11 is 0. The van der Waals surface area contributed by atoms with Gasteiger partial charge in [-0.1, -0.05) is 0 Å². The van der Waals surface area contributed by atoms with Crippen LogP contribution in [0.1, 0.15) is 0 Å². The van der Waals surface area contributed by atoms with E-state index in [1.165, 1.54) is 17.0 Å². The molecule has 16 heavy (non-hydrogen) atoms. The Balaban J connectivity index is 2.30. The fourth-order valence-electron chi connectivity index (χ4n) is 1.11. The van der Waals surface area contributed by atoms with E-state index >= 15 is 0 Å². The summed E-state index contributed by atoms with van der Waals surface area (Å²) in [5.74, 6) is 0.139. The van der Waals surface area contributed by atoms with Gasteiger partial charge < -0.3 is 15.4 Å². The lowest BCUT2D eigenvalue weighted by molar-refractivity contribution is -0.128. The number of likely N-dealkylation sites (N-methyl/N-ethyl adjacent to an activating group) is 1. The van der Waals surface area contributed by atoms with E-state index in [0.717, 1.165) is 0 Å². The van der Waals surface area contributed by atoms with Gasteiger partial charge in [-0.15, -0.1) is 0 Å². The number of rotatable bonds is 5. The summed E-state index contributed by atoms with van der Waals surface area (Å²) < 4.78 is 17.9. The van der Waals surface area contributed by atoms with Crippen molar-refractivity contribution in [2.24, 2.45) is 5.73 Å². The van der Waals surface area contributed by atoms with Crippen LogP contribution in [0.25, 0.3) is 0 Å². The Hall–Kier alpha value is -1.62. The molecule has 0 radical (unpaired) electrons. The molecule has 5 heteroatoms. The number of halogens is 1. The zero-order valence-corrected chi connectivity index (χ0v) is 9.15. The minimum absolute atomic E-state index is 0.00690. The summed E-state index contributed by atoms with van der Waals surface area (Å²) in [6.07, 6.45) is 0. The molecule has 1 rings (SSSR count). The van der Waals surface area contributed by atoms with Crippen molar-refractivity contribution in [1.82, 2.24) is 4.90 Å². The molecule has 0 saturated heterocycles. The average Bonchev–Trinajstić information content (AvgIpc) is 2.30. The smallest absolute Gasteiger partial charge is 0.236 e. The van der Waals surface area contributed by atoms with Crippen molar-refractivity contribution in [3.8, 4) is 5.75 Å². The van der Waals surface area contributed by atoms with Gasteiger partial charge in [-0.05, 0) is 24.3 Å². The van der Waals surface area contributed by atoms with Crippen LogP contribution in [-0.4, -0.2) is 37.6 Å². The summed E-state index contributed by atoms with van der Waals surface area (Å²) in [7, 11) is 1.66. The highest BCUT2D eigenvalue weighted by Gasteiger charge is 2.05.